The first kappa shape index (κ1) is 21.3. The molecule has 1 amide bonds. The molecule has 0 spiro atoms. The van der Waals surface area contributed by atoms with Gasteiger partial charge in [0, 0.05) is 55.3 Å². The van der Waals surface area contributed by atoms with E-state index in [4.69, 9.17) is 9.72 Å². The van der Waals surface area contributed by atoms with Crippen LogP contribution in [-0.2, 0) is 25.1 Å². The van der Waals surface area contributed by atoms with Crippen LogP contribution in [0.2, 0.25) is 0 Å². The fourth-order valence-corrected chi connectivity index (χ4v) is 4.67. The van der Waals surface area contributed by atoms with Gasteiger partial charge in [-0.2, -0.15) is 0 Å². The van der Waals surface area contributed by atoms with E-state index in [-0.39, 0.29) is 24.0 Å². The highest BCUT2D eigenvalue weighted by Crippen LogP contribution is 2.25. The quantitative estimate of drug-likeness (QED) is 0.568. The van der Waals surface area contributed by atoms with Crippen molar-refractivity contribution < 1.29 is 17.9 Å². The summed E-state index contributed by atoms with van der Waals surface area (Å²) in [7, 11) is -3.46. The third kappa shape index (κ3) is 5.39. The zero-order valence-electron chi connectivity index (χ0n) is 17.3. The van der Waals surface area contributed by atoms with Crippen LogP contribution in [0.1, 0.15) is 12.6 Å². The molecule has 2 aromatic heterocycles. The molecule has 10 heteroatoms. The Kier molecular flexibility index (Phi) is 6.19. The lowest BCUT2D eigenvalue weighted by Crippen LogP contribution is -2.37. The van der Waals surface area contributed by atoms with Gasteiger partial charge in [0.15, 0.2) is 15.7 Å². The van der Waals surface area contributed by atoms with Crippen LogP contribution in [-0.4, -0.2) is 67.9 Å². The molecule has 2 N–H and O–H groups in total. The SMILES string of the molecule is CC(=O)NCCS(=O)(=O)Cc1cc(N2CCOCC2)nc(-c2ccc3[nH]ccc3c2)n1. The Labute approximate surface area is 180 Å². The maximum absolute atomic E-state index is 12.6. The molecule has 1 fully saturated rings. The van der Waals surface area contributed by atoms with E-state index in [9.17, 15) is 13.2 Å². The number of fused-ring (bicyclic) bond motifs is 1. The maximum Gasteiger partial charge on any atom is 0.216 e. The number of nitrogens with one attached hydrogen (secondary N) is 2. The van der Waals surface area contributed by atoms with E-state index in [2.05, 4.69) is 20.2 Å². The monoisotopic (exact) mass is 443 g/mol. The van der Waals surface area contributed by atoms with Crippen molar-refractivity contribution in [2.75, 3.05) is 43.5 Å². The lowest BCUT2D eigenvalue weighted by atomic mass is 10.1. The van der Waals surface area contributed by atoms with E-state index in [0.717, 1.165) is 16.5 Å². The minimum Gasteiger partial charge on any atom is -0.378 e. The number of sulfone groups is 1. The van der Waals surface area contributed by atoms with Crippen LogP contribution < -0.4 is 10.2 Å². The van der Waals surface area contributed by atoms with Crippen LogP contribution in [0.5, 0.6) is 0 Å². The predicted molar refractivity (Wildman–Crippen MR) is 119 cm³/mol. The van der Waals surface area contributed by atoms with Crippen molar-refractivity contribution in [3.05, 3.63) is 42.2 Å². The number of ether oxygens (including phenoxy) is 1. The first-order valence-corrected chi connectivity index (χ1v) is 11.9. The smallest absolute Gasteiger partial charge is 0.216 e. The highest BCUT2D eigenvalue weighted by molar-refractivity contribution is 7.90. The van der Waals surface area contributed by atoms with Crippen molar-refractivity contribution in [3.8, 4) is 11.4 Å². The second-order valence-electron chi connectivity index (χ2n) is 7.50. The molecule has 3 heterocycles. The highest BCUT2D eigenvalue weighted by atomic mass is 32.2. The van der Waals surface area contributed by atoms with Crippen molar-refractivity contribution in [2.24, 2.45) is 0 Å². The Morgan fingerprint density at radius 1 is 1.19 bits per heavy atom. The molecule has 31 heavy (non-hydrogen) atoms. The lowest BCUT2D eigenvalue weighted by Gasteiger charge is -2.28. The van der Waals surface area contributed by atoms with Gasteiger partial charge in [-0.15, -0.1) is 0 Å². The highest BCUT2D eigenvalue weighted by Gasteiger charge is 2.19. The third-order valence-corrected chi connectivity index (χ3v) is 6.63. The number of amides is 1. The number of nitrogens with zero attached hydrogens (tertiary/aromatic N) is 3. The van der Waals surface area contributed by atoms with E-state index in [1.165, 1.54) is 6.92 Å². The molecular formula is C21H25N5O4S. The van der Waals surface area contributed by atoms with Gasteiger partial charge in [-0.05, 0) is 24.3 Å². The fraction of sp³-hybridized carbons (Fsp3) is 0.381. The van der Waals surface area contributed by atoms with Crippen molar-refractivity contribution in [3.63, 3.8) is 0 Å². The van der Waals surface area contributed by atoms with E-state index in [1.807, 2.05) is 30.5 Å². The lowest BCUT2D eigenvalue weighted by molar-refractivity contribution is -0.118. The molecular weight excluding hydrogens is 418 g/mol. The van der Waals surface area contributed by atoms with Gasteiger partial charge in [-0.3, -0.25) is 4.79 Å². The second-order valence-corrected chi connectivity index (χ2v) is 9.68. The molecule has 0 unspecified atom stereocenters. The molecule has 1 aromatic carbocycles. The number of benzene rings is 1. The average molecular weight is 444 g/mol. The number of anilines is 1. The maximum atomic E-state index is 12.6. The van der Waals surface area contributed by atoms with Gasteiger partial charge >= 0.3 is 0 Å². The summed E-state index contributed by atoms with van der Waals surface area (Å²) in [5, 5.41) is 3.56. The van der Waals surface area contributed by atoms with Gasteiger partial charge in [-0.25, -0.2) is 18.4 Å². The van der Waals surface area contributed by atoms with E-state index >= 15 is 0 Å². The fourth-order valence-electron chi connectivity index (χ4n) is 3.51. The Balaban J connectivity index is 1.66. The van der Waals surface area contributed by atoms with Crippen LogP contribution >= 0.6 is 0 Å². The number of aromatic nitrogens is 3. The summed E-state index contributed by atoms with van der Waals surface area (Å²) in [5.41, 5.74) is 2.26. The number of H-pyrrole nitrogens is 1. The Morgan fingerprint density at radius 3 is 2.77 bits per heavy atom. The molecule has 164 valence electrons. The van der Waals surface area contributed by atoms with Crippen LogP contribution in [0.25, 0.3) is 22.3 Å². The summed E-state index contributed by atoms with van der Waals surface area (Å²) in [6.45, 7) is 4.00. The van der Waals surface area contributed by atoms with Gasteiger partial charge < -0.3 is 19.9 Å². The van der Waals surface area contributed by atoms with E-state index in [1.54, 1.807) is 6.07 Å². The van der Waals surface area contributed by atoms with Crippen LogP contribution in [0.15, 0.2) is 36.5 Å². The van der Waals surface area contributed by atoms with Gasteiger partial charge in [0.05, 0.1) is 30.4 Å². The summed E-state index contributed by atoms with van der Waals surface area (Å²) in [5.74, 6) is 0.558. The molecule has 3 aromatic rings. The minimum atomic E-state index is -3.46. The van der Waals surface area contributed by atoms with Crippen LogP contribution in [0.3, 0.4) is 0 Å². The van der Waals surface area contributed by atoms with Crippen LogP contribution in [0.4, 0.5) is 5.82 Å². The summed E-state index contributed by atoms with van der Waals surface area (Å²) in [6, 6.07) is 9.57. The number of hydrogen-bond donors (Lipinski definition) is 2. The summed E-state index contributed by atoms with van der Waals surface area (Å²) in [6.07, 6.45) is 1.87. The zero-order valence-corrected chi connectivity index (χ0v) is 18.1. The zero-order chi connectivity index (χ0) is 21.8. The minimum absolute atomic E-state index is 0.0794. The number of morpholine rings is 1. The number of aromatic amines is 1. The summed E-state index contributed by atoms with van der Waals surface area (Å²) in [4.78, 5) is 25.6. The second kappa shape index (κ2) is 9.03. The number of carbonyl (C=O) groups excluding carboxylic acids is 1. The molecule has 0 radical (unpaired) electrons. The summed E-state index contributed by atoms with van der Waals surface area (Å²) < 4.78 is 30.6. The average Bonchev–Trinajstić information content (AvgIpc) is 3.21. The van der Waals surface area contributed by atoms with Gasteiger partial charge in [0.2, 0.25) is 5.91 Å². The van der Waals surface area contributed by atoms with E-state index < -0.39 is 9.84 Å². The molecule has 0 aliphatic carbocycles. The number of hydrogen-bond acceptors (Lipinski definition) is 7. The largest absolute Gasteiger partial charge is 0.378 e. The first-order chi connectivity index (χ1) is 14.9. The molecule has 0 bridgehead atoms. The van der Waals surface area contributed by atoms with Gasteiger partial charge in [0.25, 0.3) is 0 Å². The Morgan fingerprint density at radius 2 is 2.00 bits per heavy atom. The topological polar surface area (TPSA) is 117 Å². The molecule has 9 nitrogen and oxygen atoms in total. The van der Waals surface area contributed by atoms with E-state index in [0.29, 0.717) is 43.6 Å². The molecule has 0 saturated carbocycles. The Hall–Kier alpha value is -2.98. The van der Waals surface area contributed by atoms with Crippen LogP contribution in [0, 0.1) is 0 Å². The number of rotatable bonds is 7. The van der Waals surface area contributed by atoms with Gasteiger partial charge in [0.1, 0.15) is 5.82 Å². The standard InChI is InChI=1S/C21H25N5O4S/c1-15(27)22-6-11-31(28,29)14-18-13-20(26-7-9-30-10-8-26)25-21(24-18)17-2-3-19-16(12-17)4-5-23-19/h2-5,12-13,23H,6-11,14H2,1H3,(H,22,27). The Bertz CT molecular complexity index is 1190. The van der Waals surface area contributed by atoms with Crippen molar-refractivity contribution in [1.82, 2.24) is 20.3 Å². The normalized spacial score (nSPS) is 14.7. The molecule has 4 rings (SSSR count). The molecule has 1 aliphatic rings. The molecule has 1 saturated heterocycles. The third-order valence-electron chi connectivity index (χ3n) is 5.07. The van der Waals surface area contributed by atoms with Gasteiger partial charge in [-0.1, -0.05) is 0 Å². The number of carbonyl (C=O) groups is 1. The first-order valence-electron chi connectivity index (χ1n) is 10.1. The predicted octanol–water partition coefficient (Wildman–Crippen LogP) is 1.51. The van der Waals surface area contributed by atoms with Crippen molar-refractivity contribution in [2.45, 2.75) is 12.7 Å². The van der Waals surface area contributed by atoms with Crippen molar-refractivity contribution >= 4 is 32.5 Å². The van der Waals surface area contributed by atoms with Crippen molar-refractivity contribution in [1.29, 1.82) is 0 Å². The summed E-state index contributed by atoms with van der Waals surface area (Å²) >= 11 is 0. The molecule has 0 atom stereocenters. The molecule has 1 aliphatic heterocycles.